The van der Waals surface area contributed by atoms with Gasteiger partial charge >= 0.3 is 6.03 Å². The molecule has 146 valence electrons. The number of halogens is 1. The van der Waals surface area contributed by atoms with Crippen LogP contribution >= 0.6 is 15.9 Å². The Morgan fingerprint density at radius 3 is 2.86 bits per heavy atom. The van der Waals surface area contributed by atoms with Crippen molar-refractivity contribution < 1.29 is 14.3 Å². The van der Waals surface area contributed by atoms with Crippen molar-refractivity contribution in [1.82, 2.24) is 10.6 Å². The second-order valence-electron chi connectivity index (χ2n) is 7.68. The fourth-order valence-electron chi connectivity index (χ4n) is 3.87. The number of nitrogens with one attached hydrogen (secondary N) is 2. The molecule has 3 amide bonds. The van der Waals surface area contributed by atoms with E-state index in [4.69, 9.17) is 4.74 Å². The summed E-state index contributed by atoms with van der Waals surface area (Å²) < 4.78 is 7.23. The van der Waals surface area contributed by atoms with Crippen molar-refractivity contribution in [3.63, 3.8) is 0 Å². The summed E-state index contributed by atoms with van der Waals surface area (Å²) in [6.45, 7) is 5.73. The fraction of sp³-hybridized carbons (Fsp3) is 0.333. The van der Waals surface area contributed by atoms with Crippen molar-refractivity contribution in [1.29, 1.82) is 0 Å². The maximum atomic E-state index is 13.0. The van der Waals surface area contributed by atoms with Crippen molar-refractivity contribution in [3.8, 4) is 5.75 Å². The van der Waals surface area contributed by atoms with Gasteiger partial charge in [-0.05, 0) is 57.2 Å². The number of nitrogens with zero attached hydrogens (tertiary/aromatic N) is 1. The lowest BCUT2D eigenvalue weighted by atomic mass is 9.90. The summed E-state index contributed by atoms with van der Waals surface area (Å²) in [7, 11) is 0. The summed E-state index contributed by atoms with van der Waals surface area (Å²) in [6, 6.07) is 12.5. The van der Waals surface area contributed by atoms with Gasteiger partial charge in [0.1, 0.15) is 5.75 Å². The number of hydrogen-bond donors (Lipinski definition) is 2. The van der Waals surface area contributed by atoms with Crippen LogP contribution in [-0.2, 0) is 0 Å². The van der Waals surface area contributed by atoms with Crippen LogP contribution in [0.25, 0.3) is 0 Å². The summed E-state index contributed by atoms with van der Waals surface area (Å²) in [5, 5.41) is 5.95. The summed E-state index contributed by atoms with van der Waals surface area (Å²) in [5.74, 6) is 0.581. The van der Waals surface area contributed by atoms with Gasteiger partial charge in [0.05, 0.1) is 11.7 Å². The van der Waals surface area contributed by atoms with Gasteiger partial charge in [0, 0.05) is 28.1 Å². The first kappa shape index (κ1) is 18.8. The lowest BCUT2D eigenvalue weighted by molar-refractivity contribution is 0.0378. The third kappa shape index (κ3) is 3.24. The average molecular weight is 444 g/mol. The summed E-state index contributed by atoms with van der Waals surface area (Å²) >= 11 is 3.48. The second-order valence-corrected chi connectivity index (χ2v) is 8.60. The second kappa shape index (κ2) is 6.81. The van der Waals surface area contributed by atoms with E-state index in [1.807, 2.05) is 45.0 Å². The molecule has 2 bridgehead atoms. The molecule has 0 saturated carbocycles. The van der Waals surface area contributed by atoms with Crippen LogP contribution in [0.2, 0.25) is 0 Å². The molecule has 2 aliphatic heterocycles. The molecule has 2 aliphatic rings. The molecule has 4 rings (SSSR count). The number of rotatable bonds is 3. The molecule has 2 heterocycles. The Morgan fingerprint density at radius 2 is 2.11 bits per heavy atom. The topological polar surface area (TPSA) is 70.7 Å². The van der Waals surface area contributed by atoms with Crippen LogP contribution < -0.4 is 20.3 Å². The minimum Gasteiger partial charge on any atom is -0.467 e. The van der Waals surface area contributed by atoms with Crippen molar-refractivity contribution in [2.45, 2.75) is 45.0 Å². The summed E-state index contributed by atoms with van der Waals surface area (Å²) in [6.07, 6.45) is 0.602. The molecule has 6 nitrogen and oxygen atoms in total. The van der Waals surface area contributed by atoms with Crippen LogP contribution in [-0.4, -0.2) is 23.7 Å². The molecule has 1 saturated heterocycles. The Morgan fingerprint density at radius 1 is 1.32 bits per heavy atom. The Bertz CT molecular complexity index is 962. The van der Waals surface area contributed by atoms with Crippen LogP contribution in [0.4, 0.5) is 10.5 Å². The third-order valence-electron chi connectivity index (χ3n) is 5.02. The first-order valence-electron chi connectivity index (χ1n) is 9.27. The highest BCUT2D eigenvalue weighted by molar-refractivity contribution is 9.10. The summed E-state index contributed by atoms with van der Waals surface area (Å²) in [5.41, 5.74) is 1.24. The van der Waals surface area contributed by atoms with Gasteiger partial charge in [-0.25, -0.2) is 4.79 Å². The van der Waals surface area contributed by atoms with Crippen molar-refractivity contribution in [3.05, 3.63) is 58.1 Å². The first-order valence-corrected chi connectivity index (χ1v) is 10.1. The van der Waals surface area contributed by atoms with Crippen LogP contribution in [0.5, 0.6) is 5.75 Å². The van der Waals surface area contributed by atoms with Crippen molar-refractivity contribution >= 4 is 33.6 Å². The number of benzene rings is 2. The van der Waals surface area contributed by atoms with Gasteiger partial charge in [0.25, 0.3) is 5.91 Å². The molecule has 2 N–H and O–H groups in total. The number of carbonyl (C=O) groups excluding carboxylic acids is 2. The lowest BCUT2D eigenvalue weighted by Gasteiger charge is -2.50. The van der Waals surface area contributed by atoms with Crippen LogP contribution in [0.15, 0.2) is 46.9 Å². The molecule has 2 aromatic carbocycles. The Balaban J connectivity index is 1.71. The van der Waals surface area contributed by atoms with E-state index in [-0.39, 0.29) is 24.0 Å². The SMILES string of the molecule is CC(C)NC(=O)c1cccc(N2C(=O)N[C@@H]3C[C@@]2(C)Oc2ccc(Br)cc23)c1. The molecule has 2 aromatic rings. The smallest absolute Gasteiger partial charge is 0.325 e. The number of carbonyl (C=O) groups is 2. The minimum atomic E-state index is -0.846. The minimum absolute atomic E-state index is 0.0326. The van der Waals surface area contributed by atoms with Gasteiger partial charge in [0.15, 0.2) is 5.72 Å². The van der Waals surface area contributed by atoms with Crippen molar-refractivity contribution in [2.24, 2.45) is 0 Å². The number of ether oxygens (including phenoxy) is 1. The van der Waals surface area contributed by atoms with E-state index in [0.717, 1.165) is 15.8 Å². The predicted molar refractivity (Wildman–Crippen MR) is 111 cm³/mol. The third-order valence-corrected chi connectivity index (χ3v) is 5.51. The quantitative estimate of drug-likeness (QED) is 0.740. The number of fused-ring (bicyclic) bond motifs is 4. The molecule has 0 radical (unpaired) electrons. The molecular weight excluding hydrogens is 422 g/mol. The number of hydrogen-bond acceptors (Lipinski definition) is 3. The Labute approximate surface area is 172 Å². The number of urea groups is 1. The molecule has 0 spiro atoms. The molecular formula is C21H22BrN3O3. The standard InChI is InChI=1S/C21H22BrN3O3/c1-12(2)23-19(26)13-5-4-6-15(9-13)25-20(27)24-17-11-21(25,3)28-18-8-7-14(22)10-16(17)18/h4-10,12,17H,11H2,1-3H3,(H,23,26)(H,24,27)/t17-,21-/m1/s1. The normalized spacial score (nSPS) is 23.0. The molecule has 0 unspecified atom stereocenters. The monoisotopic (exact) mass is 443 g/mol. The molecule has 0 aromatic heterocycles. The van der Waals surface area contributed by atoms with Gasteiger partial charge in [-0.1, -0.05) is 22.0 Å². The van der Waals surface area contributed by atoms with E-state index in [2.05, 4.69) is 26.6 Å². The van der Waals surface area contributed by atoms with Gasteiger partial charge in [-0.15, -0.1) is 0 Å². The first-order chi connectivity index (χ1) is 13.3. The average Bonchev–Trinajstić information content (AvgIpc) is 2.61. The van der Waals surface area contributed by atoms with E-state index in [0.29, 0.717) is 17.7 Å². The Hall–Kier alpha value is -2.54. The van der Waals surface area contributed by atoms with E-state index in [9.17, 15) is 9.59 Å². The number of anilines is 1. The zero-order chi connectivity index (χ0) is 20.1. The number of amides is 3. The largest absolute Gasteiger partial charge is 0.467 e. The molecule has 28 heavy (non-hydrogen) atoms. The van der Waals surface area contributed by atoms with Crippen molar-refractivity contribution in [2.75, 3.05) is 4.90 Å². The zero-order valence-corrected chi connectivity index (χ0v) is 17.5. The van der Waals surface area contributed by atoms with E-state index >= 15 is 0 Å². The maximum absolute atomic E-state index is 13.0. The predicted octanol–water partition coefficient (Wildman–Crippen LogP) is 4.36. The summed E-state index contributed by atoms with van der Waals surface area (Å²) in [4.78, 5) is 27.0. The lowest BCUT2D eigenvalue weighted by Crippen LogP contribution is -2.65. The van der Waals surface area contributed by atoms with Gasteiger partial charge in [-0.2, -0.15) is 0 Å². The van der Waals surface area contributed by atoms with E-state index < -0.39 is 5.72 Å². The zero-order valence-electron chi connectivity index (χ0n) is 16.0. The fourth-order valence-corrected chi connectivity index (χ4v) is 4.25. The Kier molecular flexibility index (Phi) is 4.57. The molecule has 2 atom stereocenters. The molecule has 1 fully saturated rings. The van der Waals surface area contributed by atoms with Crippen LogP contribution in [0, 0.1) is 0 Å². The van der Waals surface area contributed by atoms with Crippen LogP contribution in [0.3, 0.4) is 0 Å². The van der Waals surface area contributed by atoms with Gasteiger partial charge < -0.3 is 15.4 Å². The highest BCUT2D eigenvalue weighted by Gasteiger charge is 2.49. The van der Waals surface area contributed by atoms with E-state index in [1.54, 1.807) is 23.1 Å². The van der Waals surface area contributed by atoms with Gasteiger partial charge in [0.2, 0.25) is 0 Å². The van der Waals surface area contributed by atoms with Gasteiger partial charge in [-0.3, -0.25) is 9.69 Å². The molecule has 0 aliphatic carbocycles. The van der Waals surface area contributed by atoms with Crippen LogP contribution in [0.1, 0.15) is 49.2 Å². The van der Waals surface area contributed by atoms with E-state index in [1.165, 1.54) is 0 Å². The molecule has 7 heteroatoms. The maximum Gasteiger partial charge on any atom is 0.325 e. The highest BCUT2D eigenvalue weighted by atomic mass is 79.9. The highest BCUT2D eigenvalue weighted by Crippen LogP contribution is 2.46.